The van der Waals surface area contributed by atoms with Crippen LogP contribution in [0.5, 0.6) is 0 Å². The fourth-order valence-corrected chi connectivity index (χ4v) is 3.84. The van der Waals surface area contributed by atoms with Gasteiger partial charge in [-0.1, -0.05) is 12.1 Å². The number of Topliss-reactive ketones (excluding diaryl/α,β-unsaturated/α-hetero) is 1. The molecule has 2 aromatic heterocycles. The van der Waals surface area contributed by atoms with Crippen molar-refractivity contribution < 1.29 is 14.3 Å². The van der Waals surface area contributed by atoms with Crippen molar-refractivity contribution in [3.63, 3.8) is 0 Å². The first-order chi connectivity index (χ1) is 11.7. The van der Waals surface area contributed by atoms with Crippen molar-refractivity contribution in [2.75, 3.05) is 19.7 Å². The van der Waals surface area contributed by atoms with Crippen LogP contribution < -0.4 is 0 Å². The van der Waals surface area contributed by atoms with Gasteiger partial charge in [0.25, 0.3) is 0 Å². The molecule has 3 rings (SSSR count). The maximum absolute atomic E-state index is 12.8. The van der Waals surface area contributed by atoms with E-state index in [9.17, 15) is 9.59 Å². The number of nitrogens with zero attached hydrogens (tertiary/aromatic N) is 1. The molecule has 1 amide bonds. The van der Waals surface area contributed by atoms with Gasteiger partial charge in [0.2, 0.25) is 0 Å². The van der Waals surface area contributed by atoms with Crippen LogP contribution in [-0.2, 0) is 9.53 Å². The van der Waals surface area contributed by atoms with Gasteiger partial charge >= 0.3 is 6.09 Å². The summed E-state index contributed by atoms with van der Waals surface area (Å²) in [6.07, 6.45) is 3.33. The molecule has 124 valence electrons. The highest BCUT2D eigenvalue weighted by Crippen LogP contribution is 2.25. The van der Waals surface area contributed by atoms with E-state index in [0.717, 1.165) is 9.75 Å². The van der Waals surface area contributed by atoms with Crippen molar-refractivity contribution in [1.29, 1.82) is 0 Å². The highest BCUT2D eigenvalue weighted by Gasteiger charge is 2.29. The molecule has 0 spiro atoms. The van der Waals surface area contributed by atoms with Crippen LogP contribution in [0.25, 0.3) is 12.2 Å². The van der Waals surface area contributed by atoms with E-state index in [0.29, 0.717) is 17.8 Å². The molecule has 0 bridgehead atoms. The third kappa shape index (κ3) is 3.83. The van der Waals surface area contributed by atoms with Crippen LogP contribution in [0.4, 0.5) is 4.79 Å². The van der Waals surface area contributed by atoms with E-state index in [2.05, 4.69) is 0 Å². The SMILES string of the molecule is CCOC(=O)N1C/C(=C\c2cccs2)C(=O)/C(=C/c2cccs2)C1. The molecule has 0 radical (unpaired) electrons. The smallest absolute Gasteiger partial charge is 0.410 e. The zero-order valence-electron chi connectivity index (χ0n) is 13.2. The van der Waals surface area contributed by atoms with Gasteiger partial charge in [0, 0.05) is 20.9 Å². The molecule has 0 unspecified atom stereocenters. The molecule has 2 aromatic rings. The maximum Gasteiger partial charge on any atom is 0.410 e. The van der Waals surface area contributed by atoms with Gasteiger partial charge in [-0.2, -0.15) is 0 Å². The Kier molecular flexibility index (Phi) is 5.27. The Hall–Kier alpha value is -2.18. The lowest BCUT2D eigenvalue weighted by Gasteiger charge is -2.28. The molecule has 0 atom stereocenters. The average molecular weight is 359 g/mol. The summed E-state index contributed by atoms with van der Waals surface area (Å²) in [6.45, 7) is 2.64. The van der Waals surface area contributed by atoms with Crippen LogP contribution in [0.15, 0.2) is 46.2 Å². The lowest BCUT2D eigenvalue weighted by atomic mass is 9.97. The van der Waals surface area contributed by atoms with E-state index in [1.807, 2.05) is 47.2 Å². The lowest BCUT2D eigenvalue weighted by molar-refractivity contribution is -0.113. The monoisotopic (exact) mass is 359 g/mol. The van der Waals surface area contributed by atoms with Crippen molar-refractivity contribution in [2.24, 2.45) is 0 Å². The molecule has 1 aliphatic heterocycles. The Bertz CT molecular complexity index is 717. The number of carbonyl (C=O) groups is 2. The van der Waals surface area contributed by atoms with Crippen LogP contribution in [0.2, 0.25) is 0 Å². The number of carbonyl (C=O) groups excluding carboxylic acids is 2. The summed E-state index contributed by atoms with van der Waals surface area (Å²) in [7, 11) is 0. The number of hydrogen-bond acceptors (Lipinski definition) is 5. The summed E-state index contributed by atoms with van der Waals surface area (Å²) in [5.41, 5.74) is 1.22. The second kappa shape index (κ2) is 7.59. The second-order valence-electron chi connectivity index (χ2n) is 5.25. The highest BCUT2D eigenvalue weighted by atomic mass is 32.1. The third-order valence-corrected chi connectivity index (χ3v) is 5.19. The van der Waals surface area contributed by atoms with E-state index in [1.165, 1.54) is 0 Å². The largest absolute Gasteiger partial charge is 0.450 e. The van der Waals surface area contributed by atoms with Crippen LogP contribution in [-0.4, -0.2) is 36.5 Å². The van der Waals surface area contributed by atoms with Gasteiger partial charge in [-0.25, -0.2) is 4.79 Å². The Balaban J connectivity index is 1.93. The molecular weight excluding hydrogens is 342 g/mol. The normalized spacial score (nSPS) is 18.4. The number of thiophene rings is 2. The number of ketones is 1. The molecule has 6 heteroatoms. The minimum absolute atomic E-state index is 0.00246. The van der Waals surface area contributed by atoms with Gasteiger partial charge in [0.15, 0.2) is 5.78 Å². The Morgan fingerprint density at radius 3 is 2.08 bits per heavy atom. The zero-order valence-corrected chi connectivity index (χ0v) is 14.9. The first-order valence-electron chi connectivity index (χ1n) is 7.62. The van der Waals surface area contributed by atoms with Gasteiger partial charge < -0.3 is 4.74 Å². The van der Waals surface area contributed by atoms with Crippen molar-refractivity contribution >= 4 is 46.7 Å². The topological polar surface area (TPSA) is 46.6 Å². The molecular formula is C18H17NO3S2. The zero-order chi connectivity index (χ0) is 16.9. The minimum Gasteiger partial charge on any atom is -0.450 e. The molecule has 1 aliphatic rings. The molecule has 24 heavy (non-hydrogen) atoms. The summed E-state index contributed by atoms with van der Waals surface area (Å²) in [5, 5.41) is 3.93. The summed E-state index contributed by atoms with van der Waals surface area (Å²) in [5.74, 6) is -0.00246. The summed E-state index contributed by atoms with van der Waals surface area (Å²) >= 11 is 3.13. The number of rotatable bonds is 3. The van der Waals surface area contributed by atoms with Crippen molar-refractivity contribution in [1.82, 2.24) is 4.90 Å². The van der Waals surface area contributed by atoms with Crippen LogP contribution in [0.1, 0.15) is 16.7 Å². The molecule has 0 N–H and O–H groups in total. The van der Waals surface area contributed by atoms with Gasteiger partial charge in [0.1, 0.15) is 0 Å². The summed E-state index contributed by atoms with van der Waals surface area (Å²) in [6, 6.07) is 7.79. The molecule has 1 saturated heterocycles. The van der Waals surface area contributed by atoms with E-state index in [1.54, 1.807) is 34.5 Å². The molecule has 1 fully saturated rings. The molecule has 0 saturated carbocycles. The first-order valence-corrected chi connectivity index (χ1v) is 9.38. The number of piperidine rings is 1. The number of ether oxygens (including phenoxy) is 1. The van der Waals surface area contributed by atoms with Gasteiger partial charge in [-0.05, 0) is 42.0 Å². The van der Waals surface area contributed by atoms with Crippen molar-refractivity contribution in [3.05, 3.63) is 55.9 Å². The Morgan fingerprint density at radius 1 is 1.12 bits per heavy atom. The summed E-state index contributed by atoms with van der Waals surface area (Å²) < 4.78 is 5.11. The van der Waals surface area contributed by atoms with Crippen molar-refractivity contribution in [2.45, 2.75) is 6.92 Å². The van der Waals surface area contributed by atoms with E-state index >= 15 is 0 Å². The van der Waals surface area contributed by atoms with Gasteiger partial charge in [-0.3, -0.25) is 9.69 Å². The average Bonchev–Trinajstić information content (AvgIpc) is 3.25. The molecule has 0 aromatic carbocycles. The van der Waals surface area contributed by atoms with Crippen molar-refractivity contribution in [3.8, 4) is 0 Å². The lowest BCUT2D eigenvalue weighted by Crippen LogP contribution is -2.41. The number of likely N-dealkylation sites (tertiary alicyclic amines) is 1. The minimum atomic E-state index is -0.390. The third-order valence-electron chi connectivity index (χ3n) is 3.55. The standard InChI is InChI=1S/C18H17NO3S2/c1-2-22-18(21)19-11-13(9-15-5-3-7-23-15)17(20)14(12-19)10-16-6-4-8-24-16/h3-10H,2,11-12H2,1H3/b13-9+,14-10+. The van der Waals surface area contributed by atoms with Gasteiger partial charge in [-0.15, -0.1) is 22.7 Å². The molecule has 0 aliphatic carbocycles. The van der Waals surface area contributed by atoms with Crippen LogP contribution >= 0.6 is 22.7 Å². The number of amides is 1. The predicted octanol–water partition coefficient (Wildman–Crippen LogP) is 4.32. The Morgan fingerprint density at radius 2 is 1.67 bits per heavy atom. The first kappa shape index (κ1) is 16.7. The molecule has 3 heterocycles. The van der Waals surface area contributed by atoms with Crippen LogP contribution in [0.3, 0.4) is 0 Å². The van der Waals surface area contributed by atoms with E-state index in [4.69, 9.17) is 4.74 Å². The maximum atomic E-state index is 12.8. The predicted molar refractivity (Wildman–Crippen MR) is 98.2 cm³/mol. The van der Waals surface area contributed by atoms with E-state index < -0.39 is 0 Å². The van der Waals surface area contributed by atoms with Gasteiger partial charge in [0.05, 0.1) is 19.7 Å². The highest BCUT2D eigenvalue weighted by molar-refractivity contribution is 7.11. The fraction of sp³-hybridized carbons (Fsp3) is 0.222. The number of hydrogen-bond donors (Lipinski definition) is 0. The fourth-order valence-electron chi connectivity index (χ4n) is 2.47. The van der Waals surface area contributed by atoms with Crippen LogP contribution in [0, 0.1) is 0 Å². The van der Waals surface area contributed by atoms with E-state index in [-0.39, 0.29) is 25.0 Å². The Labute approximate surface area is 148 Å². The second-order valence-corrected chi connectivity index (χ2v) is 7.21. The summed E-state index contributed by atoms with van der Waals surface area (Å²) in [4.78, 5) is 28.5. The molecule has 4 nitrogen and oxygen atoms in total. The quantitative estimate of drug-likeness (QED) is 0.767.